The lowest BCUT2D eigenvalue weighted by molar-refractivity contribution is 0.722. The van der Waals surface area contributed by atoms with Crippen LogP contribution in [-0.2, 0) is 5.41 Å². The molecule has 1 aromatic heterocycles. The second-order valence-electron chi connectivity index (χ2n) is 16.3. The van der Waals surface area contributed by atoms with Crippen molar-refractivity contribution in [1.29, 1.82) is 0 Å². The normalized spacial score (nSPS) is 13.2. The topological polar surface area (TPSA) is 38.7 Å². The zero-order valence-corrected chi connectivity index (χ0v) is 34.3. The van der Waals surface area contributed by atoms with E-state index in [9.17, 15) is 0 Å². The largest absolute Gasteiger partial charge is 0.208 e. The van der Waals surface area contributed by atoms with Gasteiger partial charge in [0.2, 0.25) is 0 Å². The number of aromatic nitrogens is 3. The molecule has 2 heterocycles. The van der Waals surface area contributed by atoms with Crippen LogP contribution in [0.25, 0.3) is 88.7 Å². The molecule has 13 rings (SSSR count). The molecule has 11 aromatic rings. The predicted molar refractivity (Wildman–Crippen MR) is 256 cm³/mol. The van der Waals surface area contributed by atoms with Crippen molar-refractivity contribution in [2.75, 3.05) is 0 Å². The summed E-state index contributed by atoms with van der Waals surface area (Å²) in [5.41, 5.74) is 12.5. The van der Waals surface area contributed by atoms with Gasteiger partial charge in [-0.3, -0.25) is 0 Å². The summed E-state index contributed by atoms with van der Waals surface area (Å²) in [5, 5.41) is 7.58. The van der Waals surface area contributed by atoms with Crippen LogP contribution in [0.5, 0.6) is 0 Å². The molecule has 0 atom stereocenters. The minimum Gasteiger partial charge on any atom is -0.208 e. The van der Waals surface area contributed by atoms with Crippen LogP contribution in [0.4, 0.5) is 0 Å². The van der Waals surface area contributed by atoms with Gasteiger partial charge < -0.3 is 0 Å². The van der Waals surface area contributed by atoms with Crippen molar-refractivity contribution in [2.45, 2.75) is 15.2 Å². The van der Waals surface area contributed by atoms with E-state index in [1.54, 1.807) is 0 Å². The molecule has 1 spiro atoms. The number of benzene rings is 10. The minimum atomic E-state index is -0.440. The average molecular weight is 806 g/mol. The van der Waals surface area contributed by atoms with Crippen molar-refractivity contribution in [3.8, 4) is 56.4 Å². The summed E-state index contributed by atoms with van der Waals surface area (Å²) in [5.74, 6) is 1.93. The second-order valence-corrected chi connectivity index (χ2v) is 17.3. The Morgan fingerprint density at radius 1 is 0.274 bits per heavy atom. The summed E-state index contributed by atoms with van der Waals surface area (Å²) in [6, 6.07) is 76.8. The molecule has 1 aliphatic carbocycles. The van der Waals surface area contributed by atoms with Crippen LogP contribution < -0.4 is 0 Å². The quantitative estimate of drug-likeness (QED) is 0.166. The first kappa shape index (κ1) is 35.1. The maximum absolute atomic E-state index is 5.28. The molecular weight excluding hydrogens is 771 g/mol. The molecule has 1 aliphatic heterocycles. The smallest absolute Gasteiger partial charge is 0.164 e. The molecule has 0 N–H and O–H groups in total. The van der Waals surface area contributed by atoms with Gasteiger partial charge >= 0.3 is 0 Å². The molecule has 62 heavy (non-hydrogen) atoms. The van der Waals surface area contributed by atoms with Crippen molar-refractivity contribution in [3.05, 3.63) is 235 Å². The van der Waals surface area contributed by atoms with E-state index in [-0.39, 0.29) is 0 Å². The maximum Gasteiger partial charge on any atom is 0.164 e. The van der Waals surface area contributed by atoms with E-state index in [2.05, 4.69) is 194 Å². The lowest BCUT2D eigenvalue weighted by atomic mass is 9.67. The van der Waals surface area contributed by atoms with Gasteiger partial charge in [0, 0.05) is 26.5 Å². The lowest BCUT2D eigenvalue weighted by Gasteiger charge is -2.39. The number of rotatable bonds is 4. The molecule has 2 aliphatic rings. The highest BCUT2D eigenvalue weighted by atomic mass is 32.2. The Bertz CT molecular complexity index is 3550. The second kappa shape index (κ2) is 13.7. The third kappa shape index (κ3) is 5.17. The lowest BCUT2D eigenvalue weighted by Crippen LogP contribution is -2.31. The fourth-order valence-corrected chi connectivity index (χ4v) is 11.5. The Labute approximate surface area is 363 Å². The summed E-state index contributed by atoms with van der Waals surface area (Å²) >= 11 is 1.83. The van der Waals surface area contributed by atoms with E-state index in [0.717, 1.165) is 27.8 Å². The van der Waals surface area contributed by atoms with Gasteiger partial charge in [0.05, 0.1) is 5.41 Å². The van der Waals surface area contributed by atoms with Crippen molar-refractivity contribution in [1.82, 2.24) is 15.0 Å². The van der Waals surface area contributed by atoms with Crippen LogP contribution in [0.15, 0.2) is 222 Å². The summed E-state index contributed by atoms with van der Waals surface area (Å²) in [4.78, 5) is 18.1. The van der Waals surface area contributed by atoms with Gasteiger partial charge in [-0.05, 0) is 101 Å². The molecule has 0 saturated carbocycles. The van der Waals surface area contributed by atoms with Crippen LogP contribution in [0.1, 0.15) is 22.3 Å². The van der Waals surface area contributed by atoms with E-state index >= 15 is 0 Å². The third-order valence-electron chi connectivity index (χ3n) is 13.0. The van der Waals surface area contributed by atoms with Crippen LogP contribution >= 0.6 is 11.8 Å². The molecular formula is C58H35N3S. The van der Waals surface area contributed by atoms with Gasteiger partial charge in [-0.15, -0.1) is 0 Å². The summed E-state index contributed by atoms with van der Waals surface area (Å²) < 4.78 is 0. The molecule has 288 valence electrons. The van der Waals surface area contributed by atoms with Crippen molar-refractivity contribution >= 4 is 44.1 Å². The Morgan fingerprint density at radius 3 is 1.40 bits per heavy atom. The molecule has 0 amide bonds. The zero-order valence-electron chi connectivity index (χ0n) is 33.5. The van der Waals surface area contributed by atoms with E-state index < -0.39 is 5.41 Å². The molecule has 0 fully saturated rings. The number of nitrogens with zero attached hydrogens (tertiary/aromatic N) is 3. The SMILES string of the molecule is c1ccc(-c2nc(-c3cccc(-c4ccc5c6ccccc6c6ccccc6c5c4)c3)nc(-c3ccc4c(c3)Sc3ccccc3C43c4ccccc4-c4ccccc43)n2)cc1. The third-order valence-corrected chi connectivity index (χ3v) is 14.1. The number of hydrogen-bond acceptors (Lipinski definition) is 4. The van der Waals surface area contributed by atoms with E-state index in [1.165, 1.54) is 75.5 Å². The molecule has 4 heteroatoms. The van der Waals surface area contributed by atoms with Gasteiger partial charge in [-0.2, -0.15) is 0 Å². The average Bonchev–Trinajstić information content (AvgIpc) is 3.64. The highest BCUT2D eigenvalue weighted by Crippen LogP contribution is 2.62. The van der Waals surface area contributed by atoms with Gasteiger partial charge in [-0.1, -0.05) is 200 Å². The van der Waals surface area contributed by atoms with E-state index in [0.29, 0.717) is 17.5 Å². The van der Waals surface area contributed by atoms with Crippen molar-refractivity contribution < 1.29 is 0 Å². The Morgan fingerprint density at radius 2 is 0.726 bits per heavy atom. The first-order chi connectivity index (χ1) is 30.7. The van der Waals surface area contributed by atoms with Crippen molar-refractivity contribution in [3.63, 3.8) is 0 Å². The van der Waals surface area contributed by atoms with Crippen LogP contribution in [0.2, 0.25) is 0 Å². The monoisotopic (exact) mass is 805 g/mol. The standard InChI is InChI=1S/C58H35N3S/c1-2-15-36(16-3-1)55-59-56(39-18-14-17-37(33-39)38-29-31-45-43-21-5-4-19-41(43)42-20-6-7-22-44(42)48(45)34-38)61-57(60-55)40-30-32-52-54(35-40)62-53-28-13-12-27-51(53)58(52)49-25-10-8-23-46(49)47-24-9-11-26-50(47)58/h1-35H. The fourth-order valence-electron chi connectivity index (χ4n) is 10.3. The van der Waals surface area contributed by atoms with Crippen LogP contribution in [-0.4, -0.2) is 15.0 Å². The first-order valence-electron chi connectivity index (χ1n) is 21.1. The van der Waals surface area contributed by atoms with Gasteiger partial charge in [0.1, 0.15) is 0 Å². The summed E-state index contributed by atoms with van der Waals surface area (Å²) in [6.07, 6.45) is 0. The Balaban J connectivity index is 0.968. The molecule has 0 bridgehead atoms. The summed E-state index contributed by atoms with van der Waals surface area (Å²) in [7, 11) is 0. The number of hydrogen-bond donors (Lipinski definition) is 0. The van der Waals surface area contributed by atoms with Gasteiger partial charge in [0.25, 0.3) is 0 Å². The molecule has 3 nitrogen and oxygen atoms in total. The fraction of sp³-hybridized carbons (Fsp3) is 0.0172. The Hall–Kier alpha value is -7.66. The first-order valence-corrected chi connectivity index (χ1v) is 21.9. The Kier molecular flexibility index (Phi) is 7.75. The summed E-state index contributed by atoms with van der Waals surface area (Å²) in [6.45, 7) is 0. The van der Waals surface area contributed by atoms with Crippen LogP contribution in [0, 0.1) is 0 Å². The van der Waals surface area contributed by atoms with Gasteiger partial charge in [0.15, 0.2) is 17.5 Å². The highest BCUT2D eigenvalue weighted by Gasteiger charge is 2.50. The molecule has 0 saturated heterocycles. The van der Waals surface area contributed by atoms with E-state index in [1.807, 2.05) is 30.0 Å². The van der Waals surface area contributed by atoms with Gasteiger partial charge in [-0.25, -0.2) is 15.0 Å². The molecule has 0 radical (unpaired) electrons. The maximum atomic E-state index is 5.28. The number of fused-ring (bicyclic) bond motifs is 15. The highest BCUT2D eigenvalue weighted by molar-refractivity contribution is 7.99. The van der Waals surface area contributed by atoms with Crippen molar-refractivity contribution in [2.24, 2.45) is 0 Å². The minimum absolute atomic E-state index is 0.440. The zero-order chi connectivity index (χ0) is 40.8. The molecule has 0 unspecified atom stereocenters. The predicted octanol–water partition coefficient (Wildman–Crippen LogP) is 14.8. The van der Waals surface area contributed by atoms with E-state index in [4.69, 9.17) is 15.0 Å². The van der Waals surface area contributed by atoms with Crippen LogP contribution in [0.3, 0.4) is 0 Å². The molecule has 10 aromatic carbocycles.